The average molecular weight is 447 g/mol. The fraction of sp³-hybridized carbons (Fsp3) is 0.235. The topological polar surface area (TPSA) is 74.9 Å². The molecule has 0 aliphatic carbocycles. The lowest BCUT2D eigenvalue weighted by molar-refractivity contribution is -0.299. The molecule has 2 aromatic rings. The first-order valence-corrected chi connectivity index (χ1v) is 8.45. The summed E-state index contributed by atoms with van der Waals surface area (Å²) >= 11 is 3.31. The molecule has 1 aliphatic heterocycles. The first kappa shape index (κ1) is 19.3. The molecule has 0 radical (unpaired) electrons. The fourth-order valence-corrected chi connectivity index (χ4v) is 2.90. The Hall–Kier alpha value is -2.46. The van der Waals surface area contributed by atoms with E-state index in [1.54, 1.807) is 24.3 Å². The van der Waals surface area contributed by atoms with Crippen LogP contribution >= 0.6 is 15.9 Å². The van der Waals surface area contributed by atoms with Gasteiger partial charge in [-0.05, 0) is 40.2 Å². The lowest BCUT2D eigenvalue weighted by Gasteiger charge is -2.32. The van der Waals surface area contributed by atoms with Crippen LogP contribution in [0.1, 0.15) is 22.7 Å². The second kappa shape index (κ2) is 6.93. The molecule has 3 rings (SSSR count). The molecule has 1 fully saturated rings. The highest BCUT2D eigenvalue weighted by molar-refractivity contribution is 9.10. The maximum absolute atomic E-state index is 13.2. The van der Waals surface area contributed by atoms with E-state index in [4.69, 9.17) is 9.15 Å². The van der Waals surface area contributed by atoms with Crippen molar-refractivity contribution in [2.45, 2.75) is 24.9 Å². The zero-order chi connectivity index (χ0) is 19.8. The van der Waals surface area contributed by atoms with Crippen molar-refractivity contribution in [1.82, 2.24) is 10.4 Å². The fourth-order valence-electron chi connectivity index (χ4n) is 2.50. The van der Waals surface area contributed by atoms with E-state index in [-0.39, 0.29) is 28.8 Å². The van der Waals surface area contributed by atoms with Gasteiger partial charge in [-0.15, -0.1) is 0 Å². The number of halogens is 4. The van der Waals surface area contributed by atoms with Gasteiger partial charge in [-0.25, -0.2) is 5.01 Å². The van der Waals surface area contributed by atoms with E-state index in [9.17, 15) is 23.1 Å². The number of amides is 1. The van der Waals surface area contributed by atoms with Crippen LogP contribution in [-0.2, 0) is 6.61 Å². The number of carbonyl (C=O) groups excluding carboxylic acids is 1. The maximum Gasteiger partial charge on any atom is 0.438 e. The largest absolute Gasteiger partial charge is 0.484 e. The van der Waals surface area contributed by atoms with E-state index >= 15 is 0 Å². The third kappa shape index (κ3) is 3.67. The van der Waals surface area contributed by atoms with Crippen LogP contribution in [0, 0.1) is 0 Å². The summed E-state index contributed by atoms with van der Waals surface area (Å²) in [5.41, 5.74) is -1.40. The van der Waals surface area contributed by atoms with E-state index < -0.39 is 24.2 Å². The Morgan fingerprint density at radius 1 is 1.37 bits per heavy atom. The normalized spacial score (nSPS) is 19.9. The number of nitrogens with zero attached hydrogens (tertiary/aromatic N) is 1. The zero-order valence-electron chi connectivity index (χ0n) is 13.7. The van der Waals surface area contributed by atoms with E-state index in [1.165, 1.54) is 12.1 Å². The standard InChI is InChI=1S/C17H14BrF3N2O4/c1-10-8-16(25,17(19,20)21)23(22-10)15(24)14-7-6-11(27-14)9-26-13-5-3-2-4-12(13)18/h2-7,22,25H,1,8-9H2. The molecule has 1 amide bonds. The Kier molecular flexibility index (Phi) is 4.96. The summed E-state index contributed by atoms with van der Waals surface area (Å²) in [5, 5.41) is 10.0. The highest BCUT2D eigenvalue weighted by Gasteiger charge is 2.63. The van der Waals surface area contributed by atoms with Crippen molar-refractivity contribution in [3.8, 4) is 5.75 Å². The number of para-hydroxylation sites is 1. The molecule has 1 atom stereocenters. The maximum atomic E-state index is 13.2. The minimum Gasteiger partial charge on any atom is -0.484 e. The van der Waals surface area contributed by atoms with Crippen LogP contribution in [0.25, 0.3) is 0 Å². The summed E-state index contributed by atoms with van der Waals surface area (Å²) in [6.07, 6.45) is -5.95. The number of hydrazine groups is 1. The van der Waals surface area contributed by atoms with Crippen LogP contribution in [0.15, 0.2) is 57.6 Å². The van der Waals surface area contributed by atoms with Crippen molar-refractivity contribution in [1.29, 1.82) is 0 Å². The molecule has 1 saturated heterocycles. The SMILES string of the molecule is C=C1CC(O)(C(F)(F)F)N(C(=O)c2ccc(COc3ccccc3Br)o2)N1. The molecule has 0 bridgehead atoms. The zero-order valence-corrected chi connectivity index (χ0v) is 15.3. The van der Waals surface area contributed by atoms with Crippen molar-refractivity contribution in [2.24, 2.45) is 0 Å². The summed E-state index contributed by atoms with van der Waals surface area (Å²) in [6, 6.07) is 9.67. The molecule has 1 aromatic carbocycles. The van der Waals surface area contributed by atoms with Gasteiger partial charge in [0.2, 0.25) is 0 Å². The van der Waals surface area contributed by atoms with Crippen LogP contribution in [0.5, 0.6) is 5.75 Å². The van der Waals surface area contributed by atoms with E-state index in [1.807, 2.05) is 0 Å². The van der Waals surface area contributed by atoms with E-state index in [0.717, 1.165) is 0 Å². The summed E-state index contributed by atoms with van der Waals surface area (Å²) in [6.45, 7) is 3.30. The van der Waals surface area contributed by atoms with Crippen molar-refractivity contribution >= 4 is 21.8 Å². The third-order valence-corrected chi connectivity index (χ3v) is 4.49. The van der Waals surface area contributed by atoms with Gasteiger partial charge in [0, 0.05) is 12.1 Å². The molecule has 6 nitrogen and oxygen atoms in total. The Bertz CT molecular complexity index is 883. The molecule has 1 aromatic heterocycles. The van der Waals surface area contributed by atoms with Crippen LogP contribution in [0.4, 0.5) is 13.2 Å². The molecule has 0 spiro atoms. The Balaban J connectivity index is 1.75. The van der Waals surface area contributed by atoms with Crippen LogP contribution in [0.3, 0.4) is 0 Å². The molecule has 27 heavy (non-hydrogen) atoms. The number of furan rings is 1. The van der Waals surface area contributed by atoms with Crippen LogP contribution in [-0.4, -0.2) is 27.9 Å². The van der Waals surface area contributed by atoms with Gasteiger partial charge in [0.15, 0.2) is 5.76 Å². The van der Waals surface area contributed by atoms with Crippen molar-refractivity contribution in [3.63, 3.8) is 0 Å². The molecule has 1 unspecified atom stereocenters. The highest BCUT2D eigenvalue weighted by Crippen LogP contribution is 2.41. The summed E-state index contributed by atoms with van der Waals surface area (Å²) in [5.74, 6) is -0.806. The smallest absolute Gasteiger partial charge is 0.438 e. The Labute approximate surface area is 160 Å². The summed E-state index contributed by atoms with van der Waals surface area (Å²) < 4.78 is 51.2. The molecular formula is C17H14BrF3N2O4. The molecule has 2 N–H and O–H groups in total. The van der Waals surface area contributed by atoms with Crippen molar-refractivity contribution in [2.75, 3.05) is 0 Å². The number of hydrogen-bond acceptors (Lipinski definition) is 5. The van der Waals surface area contributed by atoms with Crippen LogP contribution < -0.4 is 10.2 Å². The first-order chi connectivity index (χ1) is 12.6. The van der Waals surface area contributed by atoms with Crippen molar-refractivity contribution < 1.29 is 32.2 Å². The van der Waals surface area contributed by atoms with Gasteiger partial charge in [0.1, 0.15) is 18.1 Å². The van der Waals surface area contributed by atoms with E-state index in [2.05, 4.69) is 27.9 Å². The van der Waals surface area contributed by atoms with Gasteiger partial charge in [0.25, 0.3) is 5.72 Å². The van der Waals surface area contributed by atoms with Gasteiger partial charge in [-0.2, -0.15) is 13.2 Å². The molecule has 0 saturated carbocycles. The number of alkyl halides is 3. The molecule has 1 aliphatic rings. The summed E-state index contributed by atoms with van der Waals surface area (Å²) in [4.78, 5) is 12.4. The number of benzene rings is 1. The average Bonchev–Trinajstić information content (AvgIpc) is 3.18. The van der Waals surface area contributed by atoms with Crippen molar-refractivity contribution in [3.05, 3.63) is 64.7 Å². The Morgan fingerprint density at radius 2 is 2.07 bits per heavy atom. The lowest BCUT2D eigenvalue weighted by Crippen LogP contribution is -2.59. The highest BCUT2D eigenvalue weighted by atomic mass is 79.9. The Morgan fingerprint density at radius 3 is 2.74 bits per heavy atom. The predicted octanol–water partition coefficient (Wildman–Crippen LogP) is 3.74. The monoisotopic (exact) mass is 446 g/mol. The second-order valence-electron chi connectivity index (χ2n) is 5.83. The van der Waals surface area contributed by atoms with Gasteiger partial charge >= 0.3 is 12.1 Å². The minimum atomic E-state index is -5.08. The van der Waals surface area contributed by atoms with Gasteiger partial charge in [-0.3, -0.25) is 10.2 Å². The van der Waals surface area contributed by atoms with Gasteiger partial charge in [0.05, 0.1) is 4.47 Å². The van der Waals surface area contributed by atoms with Gasteiger partial charge in [-0.1, -0.05) is 18.7 Å². The summed E-state index contributed by atoms with van der Waals surface area (Å²) in [7, 11) is 0. The molecule has 2 heterocycles. The van der Waals surface area contributed by atoms with E-state index in [0.29, 0.717) is 10.2 Å². The quantitative estimate of drug-likeness (QED) is 0.748. The second-order valence-corrected chi connectivity index (χ2v) is 6.69. The van der Waals surface area contributed by atoms with Gasteiger partial charge < -0.3 is 14.3 Å². The predicted molar refractivity (Wildman–Crippen MR) is 91.2 cm³/mol. The van der Waals surface area contributed by atoms with Crippen LogP contribution in [0.2, 0.25) is 0 Å². The molecular weight excluding hydrogens is 433 g/mol. The minimum absolute atomic E-state index is 0.0421. The molecule has 10 heteroatoms. The number of hydrogen-bond donors (Lipinski definition) is 2. The molecule has 144 valence electrons. The third-order valence-electron chi connectivity index (χ3n) is 3.84. The number of carbonyl (C=O) groups is 1. The first-order valence-electron chi connectivity index (χ1n) is 7.66. The lowest BCUT2D eigenvalue weighted by atomic mass is 10.1. The number of aliphatic hydroxyl groups is 1. The number of ether oxygens (including phenoxy) is 1. The number of nitrogens with one attached hydrogen (secondary N) is 1. The number of rotatable bonds is 4.